The molecule has 0 heterocycles. The summed E-state index contributed by atoms with van der Waals surface area (Å²) in [6.07, 6.45) is 1.57. The lowest BCUT2D eigenvalue weighted by Gasteiger charge is -2.19. The first-order valence-electron chi connectivity index (χ1n) is 5.25. The molecular weight excluding hydrogens is 180 g/mol. The number of nitrogens with one attached hydrogen (secondary N) is 1. The van der Waals surface area contributed by atoms with Gasteiger partial charge in [0.15, 0.2) is 0 Å². The van der Waals surface area contributed by atoms with Crippen molar-refractivity contribution in [3.63, 3.8) is 0 Å². The van der Waals surface area contributed by atoms with E-state index in [1.807, 2.05) is 13.8 Å². The molecule has 0 radical (unpaired) electrons. The average molecular weight is 202 g/mol. The highest BCUT2D eigenvalue weighted by Crippen LogP contribution is 2.00. The van der Waals surface area contributed by atoms with Crippen molar-refractivity contribution in [1.29, 1.82) is 0 Å². The molecule has 4 heteroatoms. The van der Waals surface area contributed by atoms with Gasteiger partial charge in [-0.1, -0.05) is 27.2 Å². The van der Waals surface area contributed by atoms with Gasteiger partial charge >= 0.3 is 6.09 Å². The van der Waals surface area contributed by atoms with Crippen LogP contribution in [0.2, 0.25) is 0 Å². The van der Waals surface area contributed by atoms with Crippen LogP contribution in [-0.2, 0) is 4.74 Å². The predicted octanol–water partition coefficient (Wildman–Crippen LogP) is 1.50. The average Bonchev–Trinajstić information content (AvgIpc) is 2.14. The standard InChI is InChI=1S/C10H22N2O2/c1-4-5-6-14-10(13)12-9(7-11)8(2)3/h8-9H,4-7,11H2,1-3H3,(H,12,13). The summed E-state index contributed by atoms with van der Waals surface area (Å²) in [7, 11) is 0. The Morgan fingerprint density at radius 3 is 2.57 bits per heavy atom. The Bertz CT molecular complexity index is 160. The van der Waals surface area contributed by atoms with Crippen LogP contribution in [0.1, 0.15) is 33.6 Å². The molecule has 0 aromatic heterocycles. The Morgan fingerprint density at radius 1 is 1.50 bits per heavy atom. The highest BCUT2D eigenvalue weighted by atomic mass is 16.5. The zero-order valence-electron chi connectivity index (χ0n) is 9.38. The quantitative estimate of drug-likeness (QED) is 0.641. The zero-order valence-corrected chi connectivity index (χ0v) is 9.38. The van der Waals surface area contributed by atoms with Gasteiger partial charge in [-0.25, -0.2) is 4.79 Å². The van der Waals surface area contributed by atoms with Gasteiger partial charge in [0.2, 0.25) is 0 Å². The summed E-state index contributed by atoms with van der Waals surface area (Å²) in [5.41, 5.74) is 5.51. The molecular formula is C10H22N2O2. The molecule has 0 spiro atoms. The topological polar surface area (TPSA) is 64.3 Å². The van der Waals surface area contributed by atoms with Crippen LogP contribution in [0.15, 0.2) is 0 Å². The van der Waals surface area contributed by atoms with Crippen molar-refractivity contribution in [2.75, 3.05) is 13.2 Å². The van der Waals surface area contributed by atoms with Crippen LogP contribution in [0, 0.1) is 5.92 Å². The van der Waals surface area contributed by atoms with Crippen LogP contribution >= 0.6 is 0 Å². The number of carbonyl (C=O) groups is 1. The summed E-state index contributed by atoms with van der Waals surface area (Å²) < 4.78 is 4.96. The van der Waals surface area contributed by atoms with Gasteiger partial charge in [0, 0.05) is 12.6 Å². The van der Waals surface area contributed by atoms with Gasteiger partial charge in [-0.2, -0.15) is 0 Å². The number of amides is 1. The van der Waals surface area contributed by atoms with E-state index >= 15 is 0 Å². The van der Waals surface area contributed by atoms with Crippen LogP contribution in [0.3, 0.4) is 0 Å². The molecule has 0 fully saturated rings. The van der Waals surface area contributed by atoms with E-state index in [-0.39, 0.29) is 12.1 Å². The fourth-order valence-corrected chi connectivity index (χ4v) is 1.00. The van der Waals surface area contributed by atoms with E-state index in [0.717, 1.165) is 12.8 Å². The number of hydrogen-bond acceptors (Lipinski definition) is 3. The van der Waals surface area contributed by atoms with Gasteiger partial charge in [0.05, 0.1) is 6.61 Å². The van der Waals surface area contributed by atoms with Gasteiger partial charge in [-0.05, 0) is 12.3 Å². The van der Waals surface area contributed by atoms with Crippen LogP contribution in [0.25, 0.3) is 0 Å². The number of carbonyl (C=O) groups excluding carboxylic acids is 1. The van der Waals surface area contributed by atoms with Gasteiger partial charge < -0.3 is 15.8 Å². The Kier molecular flexibility index (Phi) is 7.20. The molecule has 1 unspecified atom stereocenters. The molecule has 0 aliphatic rings. The monoisotopic (exact) mass is 202 g/mol. The molecule has 4 nitrogen and oxygen atoms in total. The number of unbranched alkanes of at least 4 members (excludes halogenated alkanes) is 1. The minimum Gasteiger partial charge on any atom is -0.450 e. The lowest BCUT2D eigenvalue weighted by molar-refractivity contribution is 0.138. The molecule has 0 rings (SSSR count). The van der Waals surface area contributed by atoms with Crippen molar-refractivity contribution in [2.24, 2.45) is 11.7 Å². The minimum atomic E-state index is -0.359. The van der Waals surface area contributed by atoms with Crippen LogP contribution in [0.5, 0.6) is 0 Å². The molecule has 84 valence electrons. The van der Waals surface area contributed by atoms with Crippen molar-refractivity contribution < 1.29 is 9.53 Å². The van der Waals surface area contributed by atoms with E-state index in [1.54, 1.807) is 0 Å². The molecule has 0 saturated carbocycles. The Labute approximate surface area is 86.2 Å². The fraction of sp³-hybridized carbons (Fsp3) is 0.900. The first kappa shape index (κ1) is 13.2. The highest BCUT2D eigenvalue weighted by Gasteiger charge is 2.14. The fourth-order valence-electron chi connectivity index (χ4n) is 1.00. The predicted molar refractivity (Wildman–Crippen MR) is 57.1 cm³/mol. The molecule has 0 saturated heterocycles. The number of ether oxygens (including phenoxy) is 1. The number of nitrogens with two attached hydrogens (primary N) is 1. The van der Waals surface area contributed by atoms with Crippen LogP contribution in [-0.4, -0.2) is 25.3 Å². The number of alkyl carbamates (subject to hydrolysis) is 1. The normalized spacial score (nSPS) is 12.6. The Morgan fingerprint density at radius 2 is 2.14 bits per heavy atom. The highest BCUT2D eigenvalue weighted by molar-refractivity contribution is 5.67. The van der Waals surface area contributed by atoms with E-state index < -0.39 is 0 Å². The molecule has 3 N–H and O–H groups in total. The summed E-state index contributed by atoms with van der Waals surface area (Å²) in [5.74, 6) is 0.332. The molecule has 0 bridgehead atoms. The summed E-state index contributed by atoms with van der Waals surface area (Å²) in [6.45, 7) is 7.02. The second-order valence-corrected chi connectivity index (χ2v) is 3.72. The number of hydrogen-bond donors (Lipinski definition) is 2. The summed E-state index contributed by atoms with van der Waals surface area (Å²) >= 11 is 0. The molecule has 0 aromatic carbocycles. The molecule has 14 heavy (non-hydrogen) atoms. The molecule has 1 atom stereocenters. The van der Waals surface area contributed by atoms with Gasteiger partial charge in [-0.3, -0.25) is 0 Å². The minimum absolute atomic E-state index is 0.00382. The SMILES string of the molecule is CCCCOC(=O)NC(CN)C(C)C. The largest absolute Gasteiger partial charge is 0.450 e. The van der Waals surface area contributed by atoms with Crippen molar-refractivity contribution >= 4 is 6.09 Å². The zero-order chi connectivity index (χ0) is 11.0. The third kappa shape index (κ3) is 5.80. The van der Waals surface area contributed by atoms with E-state index in [4.69, 9.17) is 10.5 Å². The van der Waals surface area contributed by atoms with E-state index in [1.165, 1.54) is 0 Å². The van der Waals surface area contributed by atoms with Crippen molar-refractivity contribution in [1.82, 2.24) is 5.32 Å². The molecule has 0 aliphatic carbocycles. The van der Waals surface area contributed by atoms with Crippen molar-refractivity contribution in [3.05, 3.63) is 0 Å². The Hall–Kier alpha value is -0.770. The summed E-state index contributed by atoms with van der Waals surface area (Å²) in [4.78, 5) is 11.2. The van der Waals surface area contributed by atoms with E-state index in [0.29, 0.717) is 19.1 Å². The lowest BCUT2D eigenvalue weighted by Crippen LogP contribution is -2.43. The third-order valence-electron chi connectivity index (χ3n) is 2.09. The number of rotatable bonds is 6. The van der Waals surface area contributed by atoms with Gasteiger partial charge in [0.25, 0.3) is 0 Å². The van der Waals surface area contributed by atoms with Crippen molar-refractivity contribution in [2.45, 2.75) is 39.7 Å². The third-order valence-corrected chi connectivity index (χ3v) is 2.09. The van der Waals surface area contributed by atoms with Gasteiger partial charge in [-0.15, -0.1) is 0 Å². The first-order valence-corrected chi connectivity index (χ1v) is 5.25. The maximum absolute atomic E-state index is 11.2. The Balaban J connectivity index is 3.68. The van der Waals surface area contributed by atoms with Crippen molar-refractivity contribution in [3.8, 4) is 0 Å². The second-order valence-electron chi connectivity index (χ2n) is 3.72. The van der Waals surface area contributed by atoms with E-state index in [9.17, 15) is 4.79 Å². The molecule has 1 amide bonds. The smallest absolute Gasteiger partial charge is 0.407 e. The summed E-state index contributed by atoms with van der Waals surface area (Å²) in [5, 5.41) is 2.74. The molecule has 0 aromatic rings. The summed E-state index contributed by atoms with van der Waals surface area (Å²) in [6, 6.07) is 0.00382. The van der Waals surface area contributed by atoms with E-state index in [2.05, 4.69) is 12.2 Å². The van der Waals surface area contributed by atoms with Crippen LogP contribution in [0.4, 0.5) is 4.79 Å². The first-order chi connectivity index (χ1) is 6.61. The lowest BCUT2D eigenvalue weighted by atomic mass is 10.1. The maximum Gasteiger partial charge on any atom is 0.407 e. The second kappa shape index (κ2) is 7.62. The maximum atomic E-state index is 11.2. The molecule has 0 aliphatic heterocycles. The van der Waals surface area contributed by atoms with Gasteiger partial charge in [0.1, 0.15) is 0 Å². The van der Waals surface area contributed by atoms with Crippen LogP contribution < -0.4 is 11.1 Å².